The van der Waals surface area contributed by atoms with Crippen molar-refractivity contribution in [2.75, 3.05) is 18.4 Å². The maximum absolute atomic E-state index is 12.2. The van der Waals surface area contributed by atoms with E-state index in [0.717, 1.165) is 31.5 Å². The van der Waals surface area contributed by atoms with Crippen molar-refractivity contribution < 1.29 is 9.72 Å². The molecule has 6 nitrogen and oxygen atoms in total. The Labute approximate surface area is 130 Å². The molecule has 0 radical (unpaired) electrons. The first-order valence-corrected chi connectivity index (χ1v) is 7.73. The fourth-order valence-corrected chi connectivity index (χ4v) is 2.93. The minimum absolute atomic E-state index is 0.00713. The standard InChI is InChI=1S/C16H23N3O3/c1-11-3-4-14(19(21)22)10-15(11)18-16(20)9-12(2)13-5-7-17-8-6-13/h3-4,10,12-13,17H,5-9H2,1-2H3,(H,18,20). The highest BCUT2D eigenvalue weighted by atomic mass is 16.6. The Morgan fingerprint density at radius 2 is 2.14 bits per heavy atom. The van der Waals surface area contributed by atoms with Gasteiger partial charge in [-0.25, -0.2) is 0 Å². The molecule has 1 fully saturated rings. The topological polar surface area (TPSA) is 84.3 Å². The van der Waals surface area contributed by atoms with Crippen LogP contribution in [0.3, 0.4) is 0 Å². The molecule has 1 aliphatic rings. The molecule has 1 aromatic carbocycles. The first kappa shape index (κ1) is 16.4. The van der Waals surface area contributed by atoms with Gasteiger partial charge in [-0.05, 0) is 50.3 Å². The second kappa shape index (κ2) is 7.35. The van der Waals surface area contributed by atoms with E-state index in [1.54, 1.807) is 6.07 Å². The first-order chi connectivity index (χ1) is 10.5. The molecule has 1 amide bonds. The zero-order valence-electron chi connectivity index (χ0n) is 13.1. The summed E-state index contributed by atoms with van der Waals surface area (Å²) in [5.41, 5.74) is 1.34. The molecule has 22 heavy (non-hydrogen) atoms. The van der Waals surface area contributed by atoms with Crippen LogP contribution in [0.4, 0.5) is 11.4 Å². The first-order valence-electron chi connectivity index (χ1n) is 7.73. The molecule has 0 bridgehead atoms. The van der Waals surface area contributed by atoms with Gasteiger partial charge in [0.2, 0.25) is 5.91 Å². The Morgan fingerprint density at radius 1 is 1.45 bits per heavy atom. The average Bonchev–Trinajstić information content (AvgIpc) is 2.50. The van der Waals surface area contributed by atoms with Gasteiger partial charge in [0.1, 0.15) is 0 Å². The van der Waals surface area contributed by atoms with Gasteiger partial charge in [-0.2, -0.15) is 0 Å². The third kappa shape index (κ3) is 4.27. The van der Waals surface area contributed by atoms with Crippen molar-refractivity contribution in [2.24, 2.45) is 11.8 Å². The van der Waals surface area contributed by atoms with Crippen molar-refractivity contribution in [3.8, 4) is 0 Å². The van der Waals surface area contributed by atoms with E-state index in [9.17, 15) is 14.9 Å². The molecular formula is C16H23N3O3. The molecular weight excluding hydrogens is 282 g/mol. The largest absolute Gasteiger partial charge is 0.326 e. The summed E-state index contributed by atoms with van der Waals surface area (Å²) in [4.78, 5) is 22.6. The summed E-state index contributed by atoms with van der Waals surface area (Å²) in [5, 5.41) is 17.0. The fourth-order valence-electron chi connectivity index (χ4n) is 2.93. The molecule has 1 unspecified atom stereocenters. The third-order valence-electron chi connectivity index (χ3n) is 4.40. The van der Waals surface area contributed by atoms with Crippen molar-refractivity contribution in [1.82, 2.24) is 5.32 Å². The number of carbonyl (C=O) groups excluding carboxylic acids is 1. The summed E-state index contributed by atoms with van der Waals surface area (Å²) in [6, 6.07) is 4.52. The molecule has 1 heterocycles. The number of nitrogens with zero attached hydrogens (tertiary/aromatic N) is 1. The maximum atomic E-state index is 12.2. The Hall–Kier alpha value is -1.95. The number of amides is 1. The van der Waals surface area contributed by atoms with Crippen LogP contribution in [0.5, 0.6) is 0 Å². The van der Waals surface area contributed by atoms with Gasteiger partial charge < -0.3 is 10.6 Å². The highest BCUT2D eigenvalue weighted by Crippen LogP contribution is 2.26. The lowest BCUT2D eigenvalue weighted by Crippen LogP contribution is -2.32. The predicted octanol–water partition coefficient (Wildman–Crippen LogP) is 2.87. The number of piperidine rings is 1. The van der Waals surface area contributed by atoms with Crippen LogP contribution in [0.2, 0.25) is 0 Å². The lowest BCUT2D eigenvalue weighted by atomic mass is 9.84. The summed E-state index contributed by atoms with van der Waals surface area (Å²) in [7, 11) is 0. The zero-order chi connectivity index (χ0) is 16.1. The molecule has 0 aromatic heterocycles. The van der Waals surface area contributed by atoms with Crippen LogP contribution in [-0.2, 0) is 4.79 Å². The van der Waals surface area contributed by atoms with Crippen molar-refractivity contribution in [3.63, 3.8) is 0 Å². The van der Waals surface area contributed by atoms with Gasteiger partial charge >= 0.3 is 0 Å². The smallest absolute Gasteiger partial charge is 0.271 e. The molecule has 120 valence electrons. The van der Waals surface area contributed by atoms with Crippen molar-refractivity contribution >= 4 is 17.3 Å². The van der Waals surface area contributed by atoms with E-state index in [1.165, 1.54) is 12.1 Å². The van der Waals surface area contributed by atoms with Crippen LogP contribution in [0.15, 0.2) is 18.2 Å². The second-order valence-electron chi connectivity index (χ2n) is 6.07. The number of carbonyl (C=O) groups is 1. The molecule has 6 heteroatoms. The van der Waals surface area contributed by atoms with Gasteiger partial charge in [0, 0.05) is 18.6 Å². The average molecular weight is 305 g/mol. The third-order valence-corrected chi connectivity index (χ3v) is 4.40. The quantitative estimate of drug-likeness (QED) is 0.647. The van der Waals surface area contributed by atoms with Crippen LogP contribution in [0, 0.1) is 28.9 Å². The fraction of sp³-hybridized carbons (Fsp3) is 0.562. The summed E-state index contributed by atoms with van der Waals surface area (Å²) in [5.74, 6) is 0.814. The molecule has 0 saturated carbocycles. The molecule has 1 saturated heterocycles. The number of hydrogen-bond acceptors (Lipinski definition) is 4. The van der Waals surface area contributed by atoms with Gasteiger partial charge in [0.05, 0.1) is 10.6 Å². The highest BCUT2D eigenvalue weighted by Gasteiger charge is 2.22. The molecule has 0 spiro atoms. The van der Waals surface area contributed by atoms with E-state index in [-0.39, 0.29) is 11.6 Å². The number of benzene rings is 1. The van der Waals surface area contributed by atoms with E-state index in [1.807, 2.05) is 6.92 Å². The monoisotopic (exact) mass is 305 g/mol. The second-order valence-corrected chi connectivity index (χ2v) is 6.07. The van der Waals surface area contributed by atoms with E-state index < -0.39 is 4.92 Å². The molecule has 0 aliphatic carbocycles. The molecule has 2 rings (SSSR count). The number of rotatable bonds is 5. The van der Waals surface area contributed by atoms with E-state index in [0.29, 0.717) is 23.9 Å². The summed E-state index contributed by atoms with van der Waals surface area (Å²) >= 11 is 0. The van der Waals surface area contributed by atoms with E-state index in [4.69, 9.17) is 0 Å². The molecule has 1 aliphatic heterocycles. The van der Waals surface area contributed by atoms with Crippen molar-refractivity contribution in [3.05, 3.63) is 33.9 Å². The van der Waals surface area contributed by atoms with Crippen LogP contribution in [0.1, 0.15) is 31.7 Å². The van der Waals surface area contributed by atoms with Crippen molar-refractivity contribution in [2.45, 2.75) is 33.1 Å². The van der Waals surface area contributed by atoms with Gasteiger partial charge in [0.25, 0.3) is 5.69 Å². The summed E-state index contributed by atoms with van der Waals surface area (Å²) < 4.78 is 0. The molecule has 1 aromatic rings. The Balaban J connectivity index is 1.96. The van der Waals surface area contributed by atoms with E-state index >= 15 is 0 Å². The Kier molecular flexibility index (Phi) is 5.49. The summed E-state index contributed by atoms with van der Waals surface area (Å²) in [6.45, 7) is 5.96. The van der Waals surface area contributed by atoms with Gasteiger partial charge in [0.15, 0.2) is 0 Å². The number of nitrogens with one attached hydrogen (secondary N) is 2. The number of non-ortho nitro benzene ring substituents is 1. The predicted molar refractivity (Wildman–Crippen MR) is 85.8 cm³/mol. The van der Waals surface area contributed by atoms with Crippen LogP contribution in [0.25, 0.3) is 0 Å². The van der Waals surface area contributed by atoms with Crippen LogP contribution in [-0.4, -0.2) is 23.9 Å². The normalized spacial score (nSPS) is 17.0. The number of hydrogen-bond donors (Lipinski definition) is 2. The van der Waals surface area contributed by atoms with Crippen LogP contribution >= 0.6 is 0 Å². The summed E-state index contributed by atoms with van der Waals surface area (Å²) in [6.07, 6.45) is 2.65. The zero-order valence-corrected chi connectivity index (χ0v) is 13.1. The SMILES string of the molecule is Cc1ccc([N+](=O)[O-])cc1NC(=O)CC(C)C1CCNCC1. The van der Waals surface area contributed by atoms with Crippen LogP contribution < -0.4 is 10.6 Å². The van der Waals surface area contributed by atoms with Gasteiger partial charge in [-0.15, -0.1) is 0 Å². The molecule has 2 N–H and O–H groups in total. The molecule has 1 atom stereocenters. The van der Waals surface area contributed by atoms with Gasteiger partial charge in [-0.3, -0.25) is 14.9 Å². The highest BCUT2D eigenvalue weighted by molar-refractivity contribution is 5.92. The van der Waals surface area contributed by atoms with Gasteiger partial charge in [-0.1, -0.05) is 13.0 Å². The van der Waals surface area contributed by atoms with E-state index in [2.05, 4.69) is 17.6 Å². The van der Waals surface area contributed by atoms with Crippen molar-refractivity contribution in [1.29, 1.82) is 0 Å². The lowest BCUT2D eigenvalue weighted by molar-refractivity contribution is -0.384. The Morgan fingerprint density at radius 3 is 2.77 bits per heavy atom. The number of nitro groups is 1. The number of nitro benzene ring substituents is 1. The number of aryl methyl sites for hydroxylation is 1. The Bertz CT molecular complexity index is 554. The minimum atomic E-state index is -0.452. The number of anilines is 1. The maximum Gasteiger partial charge on any atom is 0.271 e. The minimum Gasteiger partial charge on any atom is -0.326 e. The lowest BCUT2D eigenvalue weighted by Gasteiger charge is -2.27.